The highest BCUT2D eigenvalue weighted by atomic mass is 127. The molecule has 35 heavy (non-hydrogen) atoms. The molecule has 0 aliphatic heterocycles. The number of nitro groups is 1. The Bertz CT molecular complexity index is 1420. The molecule has 0 aliphatic carbocycles. The van der Waals surface area contributed by atoms with Crippen molar-refractivity contribution in [2.24, 2.45) is 5.10 Å². The summed E-state index contributed by atoms with van der Waals surface area (Å²) in [6, 6.07) is 21.7. The second-order valence-corrected chi connectivity index (χ2v) is 8.64. The van der Waals surface area contributed by atoms with E-state index in [9.17, 15) is 23.3 Å². The molecule has 4 aromatic carbocycles. The quantitative estimate of drug-likeness (QED) is 0.105. The number of ether oxygens (including phenoxy) is 1. The second kappa shape index (κ2) is 10.3. The predicted molar refractivity (Wildman–Crippen MR) is 137 cm³/mol. The first-order valence-corrected chi connectivity index (χ1v) is 11.3. The fourth-order valence-electron chi connectivity index (χ4n) is 3.42. The van der Waals surface area contributed by atoms with Crippen LogP contribution in [0.2, 0.25) is 0 Å². The van der Waals surface area contributed by atoms with Gasteiger partial charge in [-0.25, -0.2) is 0 Å². The fourth-order valence-corrected chi connectivity index (χ4v) is 4.11. The van der Waals surface area contributed by atoms with Crippen LogP contribution < -0.4 is 10.2 Å². The average Bonchev–Trinajstić information content (AvgIpc) is 2.83. The van der Waals surface area contributed by atoms with Crippen molar-refractivity contribution in [2.45, 2.75) is 12.8 Å². The number of alkyl halides is 3. The molecule has 4 aromatic rings. The lowest BCUT2D eigenvalue weighted by Crippen LogP contribution is -2.06. The molecule has 6 nitrogen and oxygen atoms in total. The predicted octanol–water partition coefficient (Wildman–Crippen LogP) is 7.40. The van der Waals surface area contributed by atoms with Crippen LogP contribution in [0.1, 0.15) is 16.7 Å². The van der Waals surface area contributed by atoms with E-state index in [-0.39, 0.29) is 5.69 Å². The van der Waals surface area contributed by atoms with Crippen LogP contribution in [0.5, 0.6) is 5.75 Å². The van der Waals surface area contributed by atoms with Gasteiger partial charge in [0.05, 0.1) is 20.3 Å². The number of benzene rings is 4. The number of nitro benzene ring substituents is 1. The van der Waals surface area contributed by atoms with Gasteiger partial charge in [-0.15, -0.1) is 0 Å². The summed E-state index contributed by atoms with van der Waals surface area (Å²) in [4.78, 5) is 10.3. The maximum atomic E-state index is 12.8. The number of fused-ring (bicyclic) bond motifs is 1. The molecule has 0 saturated carbocycles. The summed E-state index contributed by atoms with van der Waals surface area (Å²) in [6.45, 7) is 0.393. The minimum Gasteiger partial charge on any atom is -0.488 e. The maximum absolute atomic E-state index is 12.8. The fraction of sp³-hybridized carbons (Fsp3) is 0.0800. The number of nitrogens with zero attached hydrogens (tertiary/aromatic N) is 2. The lowest BCUT2D eigenvalue weighted by Gasteiger charge is -2.11. The normalized spacial score (nSPS) is 11.7. The Morgan fingerprint density at radius 3 is 2.54 bits per heavy atom. The largest absolute Gasteiger partial charge is 0.488 e. The molecule has 0 aliphatic rings. The van der Waals surface area contributed by atoms with Crippen molar-refractivity contribution >= 4 is 51.0 Å². The Hall–Kier alpha value is -3.67. The van der Waals surface area contributed by atoms with E-state index in [2.05, 4.69) is 33.1 Å². The summed E-state index contributed by atoms with van der Waals surface area (Å²) in [7, 11) is 0. The highest BCUT2D eigenvalue weighted by Crippen LogP contribution is 2.35. The lowest BCUT2D eigenvalue weighted by molar-refractivity contribution is -0.384. The highest BCUT2D eigenvalue weighted by molar-refractivity contribution is 14.1. The average molecular weight is 591 g/mol. The SMILES string of the molecule is O=[N+]([O-])c1cc(C(F)(F)F)ccc1N/N=C\c1ccc(OCc2cccc3ccccc23)c(I)c1. The molecule has 0 bridgehead atoms. The molecule has 0 unspecified atom stereocenters. The van der Waals surface area contributed by atoms with Gasteiger partial charge in [-0.1, -0.05) is 42.5 Å². The molecule has 0 aromatic heterocycles. The van der Waals surface area contributed by atoms with Crippen molar-refractivity contribution in [3.05, 3.63) is 109 Å². The number of anilines is 1. The number of hydrogen-bond donors (Lipinski definition) is 1. The van der Waals surface area contributed by atoms with Crippen molar-refractivity contribution in [2.75, 3.05) is 5.43 Å². The van der Waals surface area contributed by atoms with Crippen molar-refractivity contribution in [1.29, 1.82) is 0 Å². The van der Waals surface area contributed by atoms with Gasteiger partial charge in [0.25, 0.3) is 5.69 Å². The zero-order valence-electron chi connectivity index (χ0n) is 17.9. The van der Waals surface area contributed by atoms with Crippen LogP contribution in [0.15, 0.2) is 84.0 Å². The molecule has 0 spiro atoms. The Morgan fingerprint density at radius 2 is 1.80 bits per heavy atom. The van der Waals surface area contributed by atoms with Gasteiger partial charge in [0.1, 0.15) is 18.0 Å². The van der Waals surface area contributed by atoms with Gasteiger partial charge in [-0.2, -0.15) is 18.3 Å². The van der Waals surface area contributed by atoms with Crippen LogP contribution in [0.25, 0.3) is 10.8 Å². The van der Waals surface area contributed by atoms with E-state index in [1.165, 1.54) is 6.21 Å². The molecule has 178 valence electrons. The molecule has 0 saturated heterocycles. The summed E-state index contributed by atoms with van der Waals surface area (Å²) in [5.41, 5.74) is 2.21. The minimum absolute atomic E-state index is 0.149. The number of hydrogen-bond acceptors (Lipinski definition) is 5. The summed E-state index contributed by atoms with van der Waals surface area (Å²) in [6.07, 6.45) is -3.27. The van der Waals surface area contributed by atoms with Gasteiger partial charge >= 0.3 is 6.18 Å². The molecular formula is C25H17F3IN3O3. The number of halogens is 4. The second-order valence-electron chi connectivity index (χ2n) is 7.47. The molecular weight excluding hydrogens is 574 g/mol. The van der Waals surface area contributed by atoms with E-state index >= 15 is 0 Å². The van der Waals surface area contributed by atoms with Gasteiger partial charge < -0.3 is 4.74 Å². The molecule has 0 heterocycles. The molecule has 0 radical (unpaired) electrons. The first-order chi connectivity index (χ1) is 16.7. The van der Waals surface area contributed by atoms with Crippen LogP contribution in [0.3, 0.4) is 0 Å². The van der Waals surface area contributed by atoms with Crippen LogP contribution in [0, 0.1) is 13.7 Å². The third-order valence-corrected chi connectivity index (χ3v) is 5.98. The van der Waals surface area contributed by atoms with E-state index in [0.717, 1.165) is 32.0 Å². The summed E-state index contributed by atoms with van der Waals surface area (Å²) >= 11 is 2.13. The standard InChI is InChI=1S/C25H17F3IN3O3/c26-25(27,28)19-9-10-22(23(13-19)32(33)34)31-30-14-16-8-11-24(21(29)12-16)35-15-18-6-3-5-17-4-1-2-7-20(17)18/h1-14,31H,15H2/b30-14-. The first kappa shape index (κ1) is 24.5. The van der Waals surface area contributed by atoms with Gasteiger partial charge in [-0.3, -0.25) is 15.5 Å². The Kier molecular flexibility index (Phi) is 7.20. The highest BCUT2D eigenvalue weighted by Gasteiger charge is 2.33. The molecule has 0 fully saturated rings. The van der Waals surface area contributed by atoms with E-state index in [4.69, 9.17) is 4.74 Å². The van der Waals surface area contributed by atoms with Crippen LogP contribution in [-0.2, 0) is 12.8 Å². The van der Waals surface area contributed by atoms with Crippen LogP contribution in [0.4, 0.5) is 24.5 Å². The Morgan fingerprint density at radius 1 is 1.03 bits per heavy atom. The molecule has 1 N–H and O–H groups in total. The zero-order valence-corrected chi connectivity index (χ0v) is 20.1. The van der Waals surface area contributed by atoms with Gasteiger partial charge in [0.2, 0.25) is 0 Å². The monoisotopic (exact) mass is 591 g/mol. The van der Waals surface area contributed by atoms with E-state index in [0.29, 0.717) is 24.0 Å². The summed E-state index contributed by atoms with van der Waals surface area (Å²) in [5, 5.41) is 17.4. The maximum Gasteiger partial charge on any atom is 0.416 e. The number of hydrazone groups is 1. The molecule has 0 amide bonds. The lowest BCUT2D eigenvalue weighted by atomic mass is 10.1. The Labute approximate surface area is 211 Å². The van der Waals surface area contributed by atoms with Crippen molar-refractivity contribution in [3.8, 4) is 5.75 Å². The van der Waals surface area contributed by atoms with Crippen molar-refractivity contribution in [1.82, 2.24) is 0 Å². The molecule has 4 rings (SSSR count). The molecule has 10 heteroatoms. The third-order valence-electron chi connectivity index (χ3n) is 5.14. The van der Waals surface area contributed by atoms with Gasteiger partial charge in [0, 0.05) is 6.07 Å². The van der Waals surface area contributed by atoms with Gasteiger partial charge in [-0.05, 0) is 74.8 Å². The summed E-state index contributed by atoms with van der Waals surface area (Å²) < 4.78 is 45.4. The summed E-state index contributed by atoms with van der Waals surface area (Å²) in [5.74, 6) is 0.682. The number of nitrogens with one attached hydrogen (secondary N) is 1. The minimum atomic E-state index is -4.68. The van der Waals surface area contributed by atoms with Crippen molar-refractivity contribution < 1.29 is 22.8 Å². The van der Waals surface area contributed by atoms with E-state index in [1.807, 2.05) is 48.5 Å². The topological polar surface area (TPSA) is 76.8 Å². The Balaban J connectivity index is 1.44. The van der Waals surface area contributed by atoms with E-state index < -0.39 is 22.4 Å². The molecule has 0 atom stereocenters. The third kappa shape index (κ3) is 5.88. The van der Waals surface area contributed by atoms with Crippen LogP contribution in [-0.4, -0.2) is 11.1 Å². The van der Waals surface area contributed by atoms with Gasteiger partial charge in [0.15, 0.2) is 0 Å². The van der Waals surface area contributed by atoms with Crippen molar-refractivity contribution in [3.63, 3.8) is 0 Å². The zero-order chi connectivity index (χ0) is 25.0. The van der Waals surface area contributed by atoms with E-state index in [1.54, 1.807) is 12.1 Å². The number of rotatable bonds is 7. The van der Waals surface area contributed by atoms with Crippen LogP contribution >= 0.6 is 22.6 Å². The first-order valence-electron chi connectivity index (χ1n) is 10.3. The smallest absolute Gasteiger partial charge is 0.416 e.